The second-order valence-corrected chi connectivity index (χ2v) is 13.2. The molecule has 0 bridgehead atoms. The Labute approximate surface area is 245 Å². The molecule has 230 valence electrons. The predicted molar refractivity (Wildman–Crippen MR) is 149 cm³/mol. The first-order valence-electron chi connectivity index (χ1n) is 12.6. The van der Waals surface area contributed by atoms with Crippen molar-refractivity contribution in [2.24, 2.45) is 5.73 Å². The summed E-state index contributed by atoms with van der Waals surface area (Å²) in [5, 5.41) is 24.4. The first-order valence-corrected chi connectivity index (χ1v) is 15.8. The third kappa shape index (κ3) is 6.82. The lowest BCUT2D eigenvalue weighted by atomic mass is 9.72. The second kappa shape index (κ2) is 12.3. The molecule has 2 aromatic rings. The Hall–Kier alpha value is -4.00. The van der Waals surface area contributed by atoms with Gasteiger partial charge in [0.2, 0.25) is 15.9 Å². The standard InChI is InChI=1S/C23H27BN5O12PS/c25-8-11-43(39,40)29-10-9-28(23(29)34)22(33)27-18(13-4-6-15(7-5-13)42(36,37)38)20(30)26-17-12-14-2-1-3-16(21(31)32)19(14)41-24(17)35/h1-7,17-18,35H,8-12,25H2,(H,26,30)(H,27,33)(H,31,32)(H2,36,37,38)/t17-,18?/m0/s1. The van der Waals surface area contributed by atoms with Crippen molar-refractivity contribution >= 4 is 54.0 Å². The number of aromatic carboxylic acids is 1. The molecule has 5 amide bonds. The summed E-state index contributed by atoms with van der Waals surface area (Å²) in [6, 6.07) is 4.74. The van der Waals surface area contributed by atoms with Crippen LogP contribution in [-0.4, -0.2) is 99.9 Å². The van der Waals surface area contributed by atoms with E-state index >= 15 is 0 Å². The largest absolute Gasteiger partial charge is 0.547 e. The number of carboxylic acids is 1. The van der Waals surface area contributed by atoms with Crippen molar-refractivity contribution in [1.82, 2.24) is 19.8 Å². The molecule has 2 atom stereocenters. The van der Waals surface area contributed by atoms with Crippen molar-refractivity contribution < 1.29 is 56.7 Å². The van der Waals surface area contributed by atoms with Gasteiger partial charge in [-0.1, -0.05) is 24.3 Å². The van der Waals surface area contributed by atoms with Gasteiger partial charge in [0.05, 0.1) is 35.7 Å². The molecule has 2 aromatic carbocycles. The minimum Gasteiger partial charge on any atom is -0.534 e. The van der Waals surface area contributed by atoms with Crippen LogP contribution in [-0.2, 0) is 25.8 Å². The van der Waals surface area contributed by atoms with E-state index in [1.807, 2.05) is 0 Å². The quantitative estimate of drug-likeness (QED) is 0.117. The first-order chi connectivity index (χ1) is 20.1. The van der Waals surface area contributed by atoms with Crippen molar-refractivity contribution in [3.8, 4) is 5.75 Å². The van der Waals surface area contributed by atoms with Crippen LogP contribution in [0, 0.1) is 0 Å². The summed E-state index contributed by atoms with van der Waals surface area (Å²) in [5.41, 5.74) is 5.48. The Balaban J connectivity index is 1.59. The molecule has 20 heteroatoms. The third-order valence-corrected chi connectivity index (χ3v) is 9.43. The van der Waals surface area contributed by atoms with Gasteiger partial charge < -0.3 is 40.9 Å². The molecule has 0 radical (unpaired) electrons. The van der Waals surface area contributed by atoms with E-state index in [0.29, 0.717) is 14.8 Å². The minimum atomic E-state index is -4.66. The molecule has 1 saturated heterocycles. The number of carbonyl (C=O) groups is 4. The summed E-state index contributed by atoms with van der Waals surface area (Å²) in [7, 11) is -10.5. The van der Waals surface area contributed by atoms with Crippen LogP contribution in [0.25, 0.3) is 0 Å². The number of para-hydroxylation sites is 1. The Morgan fingerprint density at radius 3 is 2.42 bits per heavy atom. The Morgan fingerprint density at radius 1 is 1.14 bits per heavy atom. The zero-order valence-electron chi connectivity index (χ0n) is 22.2. The normalized spacial score (nSPS) is 17.6. The number of benzene rings is 2. The van der Waals surface area contributed by atoms with Gasteiger partial charge in [-0.05, 0) is 35.7 Å². The molecule has 0 aliphatic carbocycles. The SMILES string of the molecule is NCCS(=O)(=O)N1CCN(C(=O)NC(C(=O)N[C@H]2Cc3cccc(C(=O)O)c3OB2O)c2ccc(P(=O)(O)O)cc2)C1=O. The number of imide groups is 1. The molecule has 43 heavy (non-hydrogen) atoms. The molecule has 17 nitrogen and oxygen atoms in total. The van der Waals surface area contributed by atoms with Gasteiger partial charge in [-0.15, -0.1) is 0 Å². The summed E-state index contributed by atoms with van der Waals surface area (Å²) in [6.45, 7) is -0.937. The number of hydrogen-bond acceptors (Lipinski definition) is 10. The van der Waals surface area contributed by atoms with Gasteiger partial charge in [-0.2, -0.15) is 0 Å². The highest BCUT2D eigenvalue weighted by Gasteiger charge is 2.42. The maximum Gasteiger partial charge on any atom is 0.547 e. The molecule has 1 fully saturated rings. The fourth-order valence-corrected chi connectivity index (χ4v) is 6.32. The number of hydrogen-bond donors (Lipinski definition) is 7. The molecule has 0 aromatic heterocycles. The number of nitrogens with two attached hydrogens (primary N) is 1. The van der Waals surface area contributed by atoms with Crippen LogP contribution >= 0.6 is 7.60 Å². The predicted octanol–water partition coefficient (Wildman–Crippen LogP) is -1.90. The van der Waals surface area contributed by atoms with Crippen molar-refractivity contribution in [1.29, 1.82) is 0 Å². The van der Waals surface area contributed by atoms with E-state index in [4.69, 9.17) is 10.4 Å². The van der Waals surface area contributed by atoms with Crippen molar-refractivity contribution in [2.45, 2.75) is 18.4 Å². The van der Waals surface area contributed by atoms with Crippen LogP contribution in [0.3, 0.4) is 0 Å². The van der Waals surface area contributed by atoms with Crippen molar-refractivity contribution in [3.63, 3.8) is 0 Å². The van der Waals surface area contributed by atoms with Crippen molar-refractivity contribution in [3.05, 3.63) is 59.2 Å². The molecular formula is C23H27BN5O12PS. The van der Waals surface area contributed by atoms with Crippen LogP contribution in [0.4, 0.5) is 9.59 Å². The molecule has 1 unspecified atom stereocenters. The smallest absolute Gasteiger partial charge is 0.534 e. The number of urea groups is 2. The van der Waals surface area contributed by atoms with Gasteiger partial charge in [-0.3, -0.25) is 9.36 Å². The minimum absolute atomic E-state index is 0.0158. The maximum absolute atomic E-state index is 13.5. The van der Waals surface area contributed by atoms with Gasteiger partial charge in [-0.25, -0.2) is 32.0 Å². The van der Waals surface area contributed by atoms with E-state index in [0.717, 1.165) is 24.3 Å². The zero-order chi connectivity index (χ0) is 31.7. The van der Waals surface area contributed by atoms with Crippen LogP contribution < -0.4 is 26.3 Å². The van der Waals surface area contributed by atoms with E-state index in [2.05, 4.69) is 10.6 Å². The van der Waals surface area contributed by atoms with Gasteiger partial charge in [0.1, 0.15) is 11.8 Å². The fraction of sp³-hybridized carbons (Fsp3) is 0.304. The Kier molecular flexibility index (Phi) is 9.15. The van der Waals surface area contributed by atoms with E-state index in [1.54, 1.807) is 0 Å². The number of sulfonamides is 1. The number of nitrogens with one attached hydrogen (secondary N) is 2. The molecule has 4 rings (SSSR count). The molecule has 0 saturated carbocycles. The molecule has 2 heterocycles. The lowest BCUT2D eigenvalue weighted by Gasteiger charge is -2.30. The van der Waals surface area contributed by atoms with Gasteiger partial charge in [0, 0.05) is 6.54 Å². The van der Waals surface area contributed by atoms with Gasteiger partial charge >= 0.3 is 32.7 Å². The number of amides is 5. The van der Waals surface area contributed by atoms with E-state index in [9.17, 15) is 52.1 Å². The van der Waals surface area contributed by atoms with Gasteiger partial charge in [0.15, 0.2) is 0 Å². The monoisotopic (exact) mass is 639 g/mol. The molecule has 0 spiro atoms. The highest BCUT2D eigenvalue weighted by Crippen LogP contribution is 2.34. The van der Waals surface area contributed by atoms with E-state index < -0.39 is 66.4 Å². The zero-order valence-corrected chi connectivity index (χ0v) is 23.9. The Bertz CT molecular complexity index is 1600. The summed E-state index contributed by atoms with van der Waals surface area (Å²) in [4.78, 5) is 70.4. The third-order valence-electron chi connectivity index (χ3n) is 6.70. The number of carbonyl (C=O) groups excluding carboxylic acids is 3. The average molecular weight is 639 g/mol. The fourth-order valence-electron chi connectivity index (χ4n) is 4.57. The summed E-state index contributed by atoms with van der Waals surface area (Å²) in [6.07, 6.45) is -0.0697. The van der Waals surface area contributed by atoms with Gasteiger partial charge in [0.25, 0.3) is 0 Å². The number of carboxylic acid groups (broad SMARTS) is 1. The number of nitrogens with zero attached hydrogens (tertiary/aromatic N) is 2. The van der Waals surface area contributed by atoms with Crippen LogP contribution in [0.5, 0.6) is 5.75 Å². The van der Waals surface area contributed by atoms with Crippen LogP contribution in [0.1, 0.15) is 27.5 Å². The molecule has 2 aliphatic rings. The van der Waals surface area contributed by atoms with E-state index in [-0.39, 0.29) is 48.2 Å². The van der Waals surface area contributed by atoms with Crippen molar-refractivity contribution in [2.75, 3.05) is 25.4 Å². The van der Waals surface area contributed by atoms with Crippen LogP contribution in [0.15, 0.2) is 42.5 Å². The molecule has 8 N–H and O–H groups in total. The summed E-state index contributed by atoms with van der Waals surface area (Å²) in [5.74, 6) is -3.98. The summed E-state index contributed by atoms with van der Waals surface area (Å²) < 4.78 is 42.2. The maximum atomic E-state index is 13.5. The number of fused-ring (bicyclic) bond motifs is 1. The lowest BCUT2D eigenvalue weighted by molar-refractivity contribution is -0.123. The molecule has 2 aliphatic heterocycles. The first kappa shape index (κ1) is 31.9. The second-order valence-electron chi connectivity index (χ2n) is 9.56. The average Bonchev–Trinajstić information content (AvgIpc) is 3.33. The molecular weight excluding hydrogens is 612 g/mol. The van der Waals surface area contributed by atoms with Crippen LogP contribution in [0.2, 0.25) is 0 Å². The highest BCUT2D eigenvalue weighted by molar-refractivity contribution is 7.89. The van der Waals surface area contributed by atoms with E-state index in [1.165, 1.54) is 18.2 Å². The number of rotatable bonds is 9. The summed E-state index contributed by atoms with van der Waals surface area (Å²) >= 11 is 0. The highest BCUT2D eigenvalue weighted by atomic mass is 32.2. The lowest BCUT2D eigenvalue weighted by Crippen LogP contribution is -2.56. The Morgan fingerprint density at radius 2 is 1.81 bits per heavy atom. The topological polar surface area (TPSA) is 266 Å².